The van der Waals surface area contributed by atoms with Crippen LogP contribution in [0, 0.1) is 0 Å². The summed E-state index contributed by atoms with van der Waals surface area (Å²) in [6.07, 6.45) is 19.4. The maximum Gasteiger partial charge on any atom is 0.631 e. The van der Waals surface area contributed by atoms with E-state index in [1.165, 1.54) is 89.9 Å². The topological polar surface area (TPSA) is 104 Å². The van der Waals surface area contributed by atoms with E-state index in [1.807, 2.05) is 0 Å². The molecule has 0 spiro atoms. The van der Waals surface area contributed by atoms with Gasteiger partial charge >= 0.3 is 7.32 Å². The van der Waals surface area contributed by atoms with E-state index in [-0.39, 0.29) is 13.2 Å². The minimum atomic E-state index is -2.17. The summed E-state index contributed by atoms with van der Waals surface area (Å²) in [5.74, 6) is 0. The number of aliphatic hydroxyl groups is 2. The van der Waals surface area contributed by atoms with Gasteiger partial charge < -0.3 is 25.3 Å². The second-order valence-corrected chi connectivity index (χ2v) is 7.23. The van der Waals surface area contributed by atoms with E-state index in [1.54, 1.807) is 0 Å². The molecule has 164 valence electrons. The molecule has 0 saturated heterocycles. The molecule has 5 N–H and O–H groups in total. The van der Waals surface area contributed by atoms with Crippen LogP contribution in [0.15, 0.2) is 0 Å². The first kappa shape index (κ1) is 29.0. The standard InChI is InChI=1S/C20H43NO2.BH3O3/c1-2-3-4-5-6-7-8-9-10-11-12-13-14-15-16-21(17-19-22)18-20-23;2-1(3)4/h22-23H,2-20H2,1H3;2-4H. The number of rotatable bonds is 19. The van der Waals surface area contributed by atoms with Gasteiger partial charge in [0, 0.05) is 13.1 Å². The van der Waals surface area contributed by atoms with Gasteiger partial charge in [0.15, 0.2) is 0 Å². The van der Waals surface area contributed by atoms with Crippen LogP contribution < -0.4 is 0 Å². The summed E-state index contributed by atoms with van der Waals surface area (Å²) in [4.78, 5) is 2.15. The SMILES string of the molecule is CCCCCCCCCCCCCCCCN(CCO)CCO.OB(O)O. The van der Waals surface area contributed by atoms with Crippen LogP contribution in [0.1, 0.15) is 96.8 Å². The molecule has 0 atom stereocenters. The molecule has 0 aliphatic carbocycles. The first-order chi connectivity index (χ1) is 13.1. The third-order valence-electron chi connectivity index (χ3n) is 4.66. The van der Waals surface area contributed by atoms with Crippen molar-refractivity contribution in [3.8, 4) is 0 Å². The maximum absolute atomic E-state index is 8.96. The van der Waals surface area contributed by atoms with E-state index < -0.39 is 7.32 Å². The molecule has 0 radical (unpaired) electrons. The fraction of sp³-hybridized carbons (Fsp3) is 1.00. The molecule has 0 aliphatic rings. The molecular formula is C20H46BNO5. The molecule has 0 rings (SSSR count). The predicted octanol–water partition coefficient (Wildman–Crippen LogP) is 2.70. The summed E-state index contributed by atoms with van der Waals surface area (Å²) in [6, 6.07) is 0. The zero-order valence-corrected chi connectivity index (χ0v) is 17.7. The van der Waals surface area contributed by atoms with Gasteiger partial charge in [-0.05, 0) is 13.0 Å². The monoisotopic (exact) mass is 391 g/mol. The highest BCUT2D eigenvalue weighted by Crippen LogP contribution is 2.13. The first-order valence-corrected chi connectivity index (χ1v) is 11.1. The average molecular weight is 391 g/mol. The molecule has 0 bridgehead atoms. The molecule has 27 heavy (non-hydrogen) atoms. The summed E-state index contributed by atoms with van der Waals surface area (Å²) in [6.45, 7) is 5.06. The minimum Gasteiger partial charge on any atom is -0.402 e. The van der Waals surface area contributed by atoms with Crippen LogP contribution >= 0.6 is 0 Å². The summed E-state index contributed by atoms with van der Waals surface area (Å²) in [5.41, 5.74) is 0. The van der Waals surface area contributed by atoms with Crippen LogP contribution in [0.3, 0.4) is 0 Å². The lowest BCUT2D eigenvalue weighted by molar-refractivity contribution is 0.159. The van der Waals surface area contributed by atoms with E-state index in [2.05, 4.69) is 11.8 Å². The van der Waals surface area contributed by atoms with Gasteiger partial charge in [0.05, 0.1) is 13.2 Å². The Balaban J connectivity index is 0. The molecule has 0 unspecified atom stereocenters. The van der Waals surface area contributed by atoms with Crippen molar-refractivity contribution in [3.63, 3.8) is 0 Å². The van der Waals surface area contributed by atoms with E-state index in [0.29, 0.717) is 13.1 Å². The zero-order valence-electron chi connectivity index (χ0n) is 17.7. The molecule has 0 fully saturated rings. The summed E-state index contributed by atoms with van der Waals surface area (Å²) < 4.78 is 0. The quantitative estimate of drug-likeness (QED) is 0.171. The fourth-order valence-electron chi connectivity index (χ4n) is 3.15. The van der Waals surface area contributed by atoms with Crippen molar-refractivity contribution in [2.24, 2.45) is 0 Å². The molecule has 0 aliphatic heterocycles. The van der Waals surface area contributed by atoms with Crippen LogP contribution in [0.4, 0.5) is 0 Å². The smallest absolute Gasteiger partial charge is 0.402 e. The van der Waals surface area contributed by atoms with Crippen LogP contribution in [0.25, 0.3) is 0 Å². The molecular weight excluding hydrogens is 345 g/mol. The molecule has 0 aromatic carbocycles. The molecule has 7 heteroatoms. The highest BCUT2D eigenvalue weighted by Gasteiger charge is 2.02. The molecule has 6 nitrogen and oxygen atoms in total. The van der Waals surface area contributed by atoms with Crippen LogP contribution in [0.5, 0.6) is 0 Å². The van der Waals surface area contributed by atoms with Crippen LogP contribution in [-0.4, -0.2) is 70.4 Å². The summed E-state index contributed by atoms with van der Waals surface area (Å²) in [7, 11) is -2.17. The van der Waals surface area contributed by atoms with Gasteiger partial charge in [-0.3, -0.25) is 4.90 Å². The van der Waals surface area contributed by atoms with Gasteiger partial charge in [-0.25, -0.2) is 0 Å². The molecule has 0 amide bonds. The molecule has 0 heterocycles. The Labute approximate surface area is 167 Å². The van der Waals surface area contributed by atoms with Crippen LogP contribution in [0.2, 0.25) is 0 Å². The molecule has 0 aromatic rings. The van der Waals surface area contributed by atoms with Crippen molar-refractivity contribution < 1.29 is 25.3 Å². The molecule has 0 aromatic heterocycles. The van der Waals surface area contributed by atoms with E-state index in [4.69, 9.17) is 25.3 Å². The Morgan fingerprint density at radius 3 is 1.11 bits per heavy atom. The number of unbranched alkanes of at least 4 members (excludes halogenated alkanes) is 13. The normalized spacial score (nSPS) is 10.8. The van der Waals surface area contributed by atoms with Crippen molar-refractivity contribution >= 4 is 7.32 Å². The van der Waals surface area contributed by atoms with Gasteiger partial charge in [-0.15, -0.1) is 0 Å². The lowest BCUT2D eigenvalue weighted by Gasteiger charge is -2.19. The lowest BCUT2D eigenvalue weighted by Crippen LogP contribution is -2.30. The van der Waals surface area contributed by atoms with Crippen molar-refractivity contribution in [1.82, 2.24) is 4.90 Å². The largest absolute Gasteiger partial charge is 0.631 e. The van der Waals surface area contributed by atoms with Gasteiger partial charge in [0.2, 0.25) is 0 Å². The highest BCUT2D eigenvalue weighted by molar-refractivity contribution is 6.30. The van der Waals surface area contributed by atoms with Crippen molar-refractivity contribution in [2.45, 2.75) is 96.8 Å². The summed E-state index contributed by atoms with van der Waals surface area (Å²) >= 11 is 0. The van der Waals surface area contributed by atoms with Crippen molar-refractivity contribution in [1.29, 1.82) is 0 Å². The third kappa shape index (κ3) is 30.8. The second kappa shape index (κ2) is 25.8. The number of aliphatic hydroxyl groups excluding tert-OH is 2. The Bertz CT molecular complexity index is 252. The van der Waals surface area contributed by atoms with E-state index in [0.717, 1.165) is 6.54 Å². The van der Waals surface area contributed by atoms with Crippen molar-refractivity contribution in [2.75, 3.05) is 32.8 Å². The van der Waals surface area contributed by atoms with Gasteiger partial charge in [0.25, 0.3) is 0 Å². The number of nitrogens with zero attached hydrogens (tertiary/aromatic N) is 1. The third-order valence-corrected chi connectivity index (χ3v) is 4.66. The molecule has 0 saturated carbocycles. The van der Waals surface area contributed by atoms with Gasteiger partial charge in [0.1, 0.15) is 0 Å². The Hall–Kier alpha value is -0.175. The Morgan fingerprint density at radius 2 is 0.815 bits per heavy atom. The first-order valence-electron chi connectivity index (χ1n) is 11.1. The number of hydrogen-bond donors (Lipinski definition) is 5. The highest BCUT2D eigenvalue weighted by atomic mass is 16.5. The van der Waals surface area contributed by atoms with E-state index >= 15 is 0 Å². The lowest BCUT2D eigenvalue weighted by atomic mass is 10.0. The Morgan fingerprint density at radius 1 is 0.519 bits per heavy atom. The van der Waals surface area contributed by atoms with Crippen LogP contribution in [-0.2, 0) is 0 Å². The number of hydrogen-bond acceptors (Lipinski definition) is 6. The zero-order chi connectivity index (χ0) is 20.6. The van der Waals surface area contributed by atoms with Gasteiger partial charge in [-0.2, -0.15) is 0 Å². The van der Waals surface area contributed by atoms with Crippen molar-refractivity contribution in [3.05, 3.63) is 0 Å². The summed E-state index contributed by atoms with van der Waals surface area (Å²) in [5, 5.41) is 39.4. The average Bonchev–Trinajstić information content (AvgIpc) is 2.62. The maximum atomic E-state index is 8.96. The predicted molar refractivity (Wildman–Crippen MR) is 113 cm³/mol. The minimum absolute atomic E-state index is 0.193. The fourth-order valence-corrected chi connectivity index (χ4v) is 3.15. The van der Waals surface area contributed by atoms with Gasteiger partial charge in [-0.1, -0.05) is 90.4 Å². The second-order valence-electron chi connectivity index (χ2n) is 7.23. The Kier molecular flexibility index (Phi) is 27.8. The van der Waals surface area contributed by atoms with E-state index in [9.17, 15) is 0 Å².